The third-order valence-electron chi connectivity index (χ3n) is 3.34. The van der Waals surface area contributed by atoms with Crippen molar-refractivity contribution in [3.05, 3.63) is 41.5 Å². The molecule has 0 fully saturated rings. The molecular formula is C13H12O2. The fraction of sp³-hybridized carbons (Fsp3) is 0.308. The molecular weight excluding hydrogens is 188 g/mol. The molecule has 0 radical (unpaired) electrons. The van der Waals surface area contributed by atoms with Crippen molar-refractivity contribution in [2.75, 3.05) is 0 Å². The number of allylic oxidation sites excluding steroid dienone is 2. The van der Waals surface area contributed by atoms with Crippen LogP contribution in [0.1, 0.15) is 30.1 Å². The summed E-state index contributed by atoms with van der Waals surface area (Å²) in [6.45, 7) is 0. The molecule has 2 aliphatic rings. The van der Waals surface area contributed by atoms with Crippen LogP contribution < -0.4 is 0 Å². The first-order valence-electron chi connectivity index (χ1n) is 5.27. The Hall–Kier alpha value is -1.41. The minimum atomic E-state index is -0.408. The van der Waals surface area contributed by atoms with Crippen LogP contribution in [0.2, 0.25) is 0 Å². The van der Waals surface area contributed by atoms with Gasteiger partial charge in [0.1, 0.15) is 0 Å². The number of benzene rings is 1. The highest BCUT2D eigenvalue weighted by Gasteiger charge is 2.34. The van der Waals surface area contributed by atoms with Gasteiger partial charge in [-0.2, -0.15) is 0 Å². The maximum absolute atomic E-state index is 11.4. The van der Waals surface area contributed by atoms with E-state index in [0.29, 0.717) is 12.8 Å². The molecule has 0 bridgehead atoms. The summed E-state index contributed by atoms with van der Waals surface area (Å²) >= 11 is 0. The van der Waals surface area contributed by atoms with Crippen molar-refractivity contribution in [2.45, 2.75) is 18.9 Å². The molecule has 76 valence electrons. The summed E-state index contributed by atoms with van der Waals surface area (Å²) in [7, 11) is 0. The summed E-state index contributed by atoms with van der Waals surface area (Å²) in [5.41, 5.74) is 3.16. The molecule has 1 aromatic rings. The predicted octanol–water partition coefficient (Wildman–Crippen LogP) is 2.10. The average Bonchev–Trinajstić information content (AvgIpc) is 2.59. The normalized spacial score (nSPS) is 28.3. The highest BCUT2D eigenvalue weighted by molar-refractivity contribution is 6.03. The Kier molecular flexibility index (Phi) is 1.80. The van der Waals surface area contributed by atoms with Gasteiger partial charge in [0.25, 0.3) is 0 Å². The molecule has 2 unspecified atom stereocenters. The molecule has 1 N–H and O–H groups in total. The Morgan fingerprint density at radius 2 is 2.07 bits per heavy atom. The standard InChI is InChI=1S/C13H12O2/c14-9-5-8-6-13(15)11-4-2-1-3-10(11)12(8)7-9/h1-4,7-8,13,15H,5-6H2. The van der Waals surface area contributed by atoms with Crippen LogP contribution in [-0.2, 0) is 4.79 Å². The molecule has 0 amide bonds. The second-order valence-corrected chi connectivity index (χ2v) is 4.31. The topological polar surface area (TPSA) is 37.3 Å². The first-order chi connectivity index (χ1) is 7.25. The minimum Gasteiger partial charge on any atom is -0.388 e. The zero-order valence-electron chi connectivity index (χ0n) is 8.31. The van der Waals surface area contributed by atoms with E-state index in [1.165, 1.54) is 0 Å². The first-order valence-corrected chi connectivity index (χ1v) is 5.27. The number of aliphatic hydroxyl groups excluding tert-OH is 1. The number of aliphatic hydroxyl groups is 1. The summed E-state index contributed by atoms with van der Waals surface area (Å²) in [6, 6.07) is 7.83. The van der Waals surface area contributed by atoms with Gasteiger partial charge in [0, 0.05) is 6.42 Å². The van der Waals surface area contributed by atoms with Crippen molar-refractivity contribution in [1.29, 1.82) is 0 Å². The molecule has 0 spiro atoms. The molecule has 1 aromatic carbocycles. The SMILES string of the molecule is O=C1C=C2c3ccccc3C(O)CC2C1. The van der Waals surface area contributed by atoms with Crippen LogP contribution in [-0.4, -0.2) is 10.9 Å². The molecule has 0 saturated carbocycles. The summed E-state index contributed by atoms with van der Waals surface area (Å²) in [5, 5.41) is 9.96. The van der Waals surface area contributed by atoms with Gasteiger partial charge in [-0.05, 0) is 35.1 Å². The lowest BCUT2D eigenvalue weighted by Crippen LogP contribution is -2.15. The van der Waals surface area contributed by atoms with Crippen molar-refractivity contribution in [3.63, 3.8) is 0 Å². The van der Waals surface area contributed by atoms with E-state index in [4.69, 9.17) is 0 Å². The average molecular weight is 200 g/mol. The van der Waals surface area contributed by atoms with Crippen LogP contribution >= 0.6 is 0 Å². The summed E-state index contributed by atoms with van der Waals surface area (Å²) in [4.78, 5) is 11.4. The van der Waals surface area contributed by atoms with Crippen LogP contribution in [0.5, 0.6) is 0 Å². The smallest absolute Gasteiger partial charge is 0.156 e. The van der Waals surface area contributed by atoms with Gasteiger partial charge in [0.2, 0.25) is 0 Å². The zero-order chi connectivity index (χ0) is 10.4. The Labute approximate surface area is 88.2 Å². The van der Waals surface area contributed by atoms with Crippen molar-refractivity contribution in [2.24, 2.45) is 5.92 Å². The van der Waals surface area contributed by atoms with Crippen molar-refractivity contribution >= 4 is 11.4 Å². The van der Waals surface area contributed by atoms with Gasteiger partial charge in [-0.3, -0.25) is 4.79 Å². The van der Waals surface area contributed by atoms with Gasteiger partial charge in [0.05, 0.1) is 6.10 Å². The van der Waals surface area contributed by atoms with E-state index in [1.54, 1.807) is 6.08 Å². The molecule has 2 heteroatoms. The fourth-order valence-corrected chi connectivity index (χ4v) is 2.66. The second-order valence-electron chi connectivity index (χ2n) is 4.31. The Morgan fingerprint density at radius 3 is 2.93 bits per heavy atom. The summed E-state index contributed by atoms with van der Waals surface area (Å²) in [6.07, 6.45) is 2.60. The molecule has 2 aliphatic carbocycles. The Bertz CT molecular complexity index is 459. The fourth-order valence-electron chi connectivity index (χ4n) is 2.66. The summed E-state index contributed by atoms with van der Waals surface area (Å²) < 4.78 is 0. The van der Waals surface area contributed by atoms with E-state index in [-0.39, 0.29) is 11.7 Å². The zero-order valence-corrected chi connectivity index (χ0v) is 8.31. The predicted molar refractivity (Wildman–Crippen MR) is 57.1 cm³/mol. The van der Waals surface area contributed by atoms with Crippen LogP contribution in [0.15, 0.2) is 30.3 Å². The molecule has 2 atom stereocenters. The quantitative estimate of drug-likeness (QED) is 0.696. The van der Waals surface area contributed by atoms with Crippen molar-refractivity contribution in [3.8, 4) is 0 Å². The molecule has 15 heavy (non-hydrogen) atoms. The van der Waals surface area contributed by atoms with Crippen LogP contribution in [0.4, 0.5) is 0 Å². The number of carbonyl (C=O) groups is 1. The molecule has 0 saturated heterocycles. The van der Waals surface area contributed by atoms with E-state index in [9.17, 15) is 9.90 Å². The maximum atomic E-state index is 11.4. The monoisotopic (exact) mass is 200 g/mol. The molecule has 3 rings (SSSR count). The van der Waals surface area contributed by atoms with E-state index < -0.39 is 6.10 Å². The van der Waals surface area contributed by atoms with E-state index >= 15 is 0 Å². The Morgan fingerprint density at radius 1 is 1.27 bits per heavy atom. The van der Waals surface area contributed by atoms with Gasteiger partial charge in [-0.15, -0.1) is 0 Å². The molecule has 0 heterocycles. The van der Waals surface area contributed by atoms with Gasteiger partial charge in [-0.1, -0.05) is 24.3 Å². The van der Waals surface area contributed by atoms with Crippen LogP contribution in [0.25, 0.3) is 5.57 Å². The number of hydrogen-bond donors (Lipinski definition) is 1. The second kappa shape index (κ2) is 3.04. The van der Waals surface area contributed by atoms with Gasteiger partial charge in [0.15, 0.2) is 5.78 Å². The van der Waals surface area contributed by atoms with Gasteiger partial charge >= 0.3 is 0 Å². The summed E-state index contributed by atoms with van der Waals surface area (Å²) in [5.74, 6) is 0.432. The third-order valence-corrected chi connectivity index (χ3v) is 3.34. The number of rotatable bonds is 0. The number of hydrogen-bond acceptors (Lipinski definition) is 2. The van der Waals surface area contributed by atoms with E-state index in [1.807, 2.05) is 24.3 Å². The lowest BCUT2D eigenvalue weighted by Gasteiger charge is -2.27. The molecule has 2 nitrogen and oxygen atoms in total. The highest BCUT2D eigenvalue weighted by Crippen LogP contribution is 2.45. The molecule has 0 aromatic heterocycles. The molecule has 0 aliphatic heterocycles. The van der Waals surface area contributed by atoms with E-state index in [0.717, 1.165) is 16.7 Å². The van der Waals surface area contributed by atoms with Crippen molar-refractivity contribution in [1.82, 2.24) is 0 Å². The lowest BCUT2D eigenvalue weighted by atomic mass is 9.79. The van der Waals surface area contributed by atoms with Gasteiger partial charge in [-0.25, -0.2) is 0 Å². The van der Waals surface area contributed by atoms with Crippen molar-refractivity contribution < 1.29 is 9.90 Å². The number of ketones is 1. The first kappa shape index (κ1) is 8.86. The minimum absolute atomic E-state index is 0.193. The van der Waals surface area contributed by atoms with Crippen LogP contribution in [0, 0.1) is 5.92 Å². The highest BCUT2D eigenvalue weighted by atomic mass is 16.3. The van der Waals surface area contributed by atoms with Crippen LogP contribution in [0.3, 0.4) is 0 Å². The third kappa shape index (κ3) is 1.25. The number of carbonyl (C=O) groups excluding carboxylic acids is 1. The number of fused-ring (bicyclic) bond motifs is 3. The Balaban J connectivity index is 2.18. The maximum Gasteiger partial charge on any atom is 0.156 e. The lowest BCUT2D eigenvalue weighted by molar-refractivity contribution is -0.114. The van der Waals surface area contributed by atoms with Gasteiger partial charge < -0.3 is 5.11 Å². The van der Waals surface area contributed by atoms with E-state index in [2.05, 4.69) is 0 Å². The largest absolute Gasteiger partial charge is 0.388 e.